The Morgan fingerprint density at radius 3 is 2.00 bits per heavy atom. The van der Waals surface area contributed by atoms with Crippen molar-refractivity contribution in [2.75, 3.05) is 0 Å². The van der Waals surface area contributed by atoms with Crippen molar-refractivity contribution < 1.29 is 0 Å². The van der Waals surface area contributed by atoms with Crippen LogP contribution in [-0.2, 0) is 0 Å². The summed E-state index contributed by atoms with van der Waals surface area (Å²) in [6.07, 6.45) is 0. The average Bonchev–Trinajstić information content (AvgIpc) is 2.17. The van der Waals surface area contributed by atoms with E-state index in [1.165, 1.54) is 5.56 Å². The van der Waals surface area contributed by atoms with Crippen LogP contribution in [0.1, 0.15) is 32.3 Å². The second kappa shape index (κ2) is 4.17. The van der Waals surface area contributed by atoms with Crippen molar-refractivity contribution in [3.05, 3.63) is 34.7 Å². The van der Waals surface area contributed by atoms with Gasteiger partial charge in [-0.3, -0.25) is 0 Å². The van der Waals surface area contributed by atoms with E-state index in [1.54, 1.807) is 12.1 Å². The molecule has 0 fully saturated rings. The summed E-state index contributed by atoms with van der Waals surface area (Å²) in [6, 6.07) is 7.48. The third-order valence-corrected chi connectivity index (χ3v) is 2.52. The lowest BCUT2D eigenvalue weighted by Crippen LogP contribution is -2.01. The Kier molecular flexibility index (Phi) is 3.18. The van der Waals surface area contributed by atoms with Crippen molar-refractivity contribution in [3.8, 4) is 0 Å². The summed E-state index contributed by atoms with van der Waals surface area (Å²) < 4.78 is 0. The molecule has 2 nitrogen and oxygen atoms in total. The molecule has 1 atom stereocenters. The van der Waals surface area contributed by atoms with Gasteiger partial charge in [-0.05, 0) is 34.7 Å². The Morgan fingerprint density at radius 2 is 1.62 bits per heavy atom. The third kappa shape index (κ3) is 2.38. The Morgan fingerprint density at radius 1 is 1.08 bits per heavy atom. The van der Waals surface area contributed by atoms with Gasteiger partial charge in [0.25, 0.3) is 0 Å². The van der Waals surface area contributed by atoms with Gasteiger partial charge in [0, 0.05) is 0 Å². The fraction of sp³-hybridized carbons (Fsp3) is 0.455. The van der Waals surface area contributed by atoms with Gasteiger partial charge in [-0.25, -0.2) is 0 Å². The van der Waals surface area contributed by atoms with Gasteiger partial charge in [-0.2, -0.15) is 0 Å². The van der Waals surface area contributed by atoms with Crippen molar-refractivity contribution in [2.24, 2.45) is 11.1 Å². The van der Waals surface area contributed by atoms with Crippen molar-refractivity contribution in [2.45, 2.75) is 26.7 Å². The summed E-state index contributed by atoms with van der Waals surface area (Å²) in [5.41, 5.74) is 1.77. The molecule has 0 spiro atoms. The lowest BCUT2D eigenvalue weighted by molar-refractivity contribution is 0.535. The number of nitroso groups, excluding NO2 is 1. The number of hydrogen-bond donors (Lipinski definition) is 0. The van der Waals surface area contributed by atoms with Crippen molar-refractivity contribution in [1.82, 2.24) is 0 Å². The van der Waals surface area contributed by atoms with Gasteiger partial charge in [0.2, 0.25) is 0 Å². The zero-order chi connectivity index (χ0) is 9.84. The molecule has 0 aromatic heterocycles. The predicted molar refractivity (Wildman–Crippen MR) is 55.2 cm³/mol. The summed E-state index contributed by atoms with van der Waals surface area (Å²) in [6.45, 7) is 6.57. The molecule has 0 bridgehead atoms. The maximum Gasteiger partial charge on any atom is 0.108 e. The van der Waals surface area contributed by atoms with Gasteiger partial charge in [0.1, 0.15) is 5.69 Å². The first kappa shape index (κ1) is 9.90. The van der Waals surface area contributed by atoms with E-state index in [-0.39, 0.29) is 0 Å². The maximum atomic E-state index is 10.2. The molecule has 0 radical (unpaired) electrons. The molecule has 1 rings (SSSR count). The Labute approximate surface area is 79.0 Å². The van der Waals surface area contributed by atoms with E-state index in [0.29, 0.717) is 17.5 Å². The van der Waals surface area contributed by atoms with E-state index >= 15 is 0 Å². The SMILES string of the molecule is CC(C)C(C)c1ccc(N=O)cc1. The molecular formula is C11H15NO. The molecule has 1 unspecified atom stereocenters. The Balaban J connectivity index is 2.85. The normalized spacial score (nSPS) is 12.9. The minimum Gasteiger partial charge on any atom is -0.145 e. The van der Waals surface area contributed by atoms with Gasteiger partial charge in [-0.15, -0.1) is 4.91 Å². The van der Waals surface area contributed by atoms with E-state index in [2.05, 4.69) is 25.9 Å². The summed E-state index contributed by atoms with van der Waals surface area (Å²) in [5.74, 6) is 1.15. The Bertz CT molecular complexity index is 277. The van der Waals surface area contributed by atoms with Crippen LogP contribution in [0.5, 0.6) is 0 Å². The third-order valence-electron chi connectivity index (χ3n) is 2.52. The average molecular weight is 177 g/mol. The predicted octanol–water partition coefficient (Wildman–Crippen LogP) is 3.84. The smallest absolute Gasteiger partial charge is 0.108 e. The monoisotopic (exact) mass is 177 g/mol. The van der Waals surface area contributed by atoms with Crippen molar-refractivity contribution >= 4 is 5.69 Å². The number of benzene rings is 1. The van der Waals surface area contributed by atoms with Crippen LogP contribution in [0.2, 0.25) is 0 Å². The number of rotatable bonds is 3. The largest absolute Gasteiger partial charge is 0.145 e. The first-order valence-electron chi connectivity index (χ1n) is 4.58. The molecule has 0 N–H and O–H groups in total. The fourth-order valence-corrected chi connectivity index (χ4v) is 1.22. The molecule has 2 heteroatoms. The second-order valence-electron chi connectivity index (χ2n) is 3.72. The molecule has 0 amide bonds. The lowest BCUT2D eigenvalue weighted by Gasteiger charge is -2.15. The lowest BCUT2D eigenvalue weighted by atomic mass is 9.90. The van der Waals surface area contributed by atoms with E-state index < -0.39 is 0 Å². The highest BCUT2D eigenvalue weighted by Crippen LogP contribution is 2.25. The van der Waals surface area contributed by atoms with Gasteiger partial charge in [0.15, 0.2) is 0 Å². The zero-order valence-corrected chi connectivity index (χ0v) is 8.32. The molecular weight excluding hydrogens is 162 g/mol. The number of hydrogen-bond acceptors (Lipinski definition) is 2. The van der Waals surface area contributed by atoms with Crippen molar-refractivity contribution in [1.29, 1.82) is 0 Å². The van der Waals surface area contributed by atoms with E-state index in [9.17, 15) is 4.91 Å². The highest BCUT2D eigenvalue weighted by atomic mass is 16.3. The molecule has 70 valence electrons. The molecule has 0 aliphatic rings. The molecule has 13 heavy (non-hydrogen) atoms. The quantitative estimate of drug-likeness (QED) is 0.645. The summed E-state index contributed by atoms with van der Waals surface area (Å²) in [5, 5.41) is 2.87. The van der Waals surface area contributed by atoms with Crippen LogP contribution >= 0.6 is 0 Å². The van der Waals surface area contributed by atoms with Crippen LogP contribution in [0.15, 0.2) is 29.4 Å². The highest BCUT2D eigenvalue weighted by molar-refractivity contribution is 5.39. The van der Waals surface area contributed by atoms with E-state index in [0.717, 1.165) is 0 Å². The van der Waals surface area contributed by atoms with Gasteiger partial charge < -0.3 is 0 Å². The molecule has 1 aromatic rings. The van der Waals surface area contributed by atoms with E-state index in [1.807, 2.05) is 12.1 Å². The topological polar surface area (TPSA) is 29.4 Å². The van der Waals surface area contributed by atoms with Crippen molar-refractivity contribution in [3.63, 3.8) is 0 Å². The van der Waals surface area contributed by atoms with Crippen LogP contribution in [0, 0.1) is 10.8 Å². The summed E-state index contributed by atoms with van der Waals surface area (Å²) >= 11 is 0. The van der Waals surface area contributed by atoms with Crippen LogP contribution in [0.4, 0.5) is 5.69 Å². The minimum atomic E-state index is 0.500. The molecule has 0 aliphatic heterocycles. The van der Waals surface area contributed by atoms with Crippen LogP contribution < -0.4 is 0 Å². The van der Waals surface area contributed by atoms with Crippen LogP contribution in [0.25, 0.3) is 0 Å². The molecule has 0 saturated carbocycles. The van der Waals surface area contributed by atoms with Gasteiger partial charge in [0.05, 0.1) is 0 Å². The molecule has 0 heterocycles. The standard InChI is InChI=1S/C11H15NO/c1-8(2)9(3)10-4-6-11(12-13)7-5-10/h4-9H,1-3H3. The molecule has 0 saturated heterocycles. The first-order chi connectivity index (χ1) is 6.15. The Hall–Kier alpha value is -1.18. The maximum absolute atomic E-state index is 10.2. The summed E-state index contributed by atoms with van der Waals surface area (Å²) in [7, 11) is 0. The second-order valence-corrected chi connectivity index (χ2v) is 3.72. The minimum absolute atomic E-state index is 0.500. The molecule has 0 aliphatic carbocycles. The van der Waals surface area contributed by atoms with E-state index in [4.69, 9.17) is 0 Å². The number of nitrogens with zero attached hydrogens (tertiary/aromatic N) is 1. The fourth-order valence-electron chi connectivity index (χ4n) is 1.22. The van der Waals surface area contributed by atoms with Crippen LogP contribution in [-0.4, -0.2) is 0 Å². The molecule has 1 aromatic carbocycles. The summed E-state index contributed by atoms with van der Waals surface area (Å²) in [4.78, 5) is 10.2. The van der Waals surface area contributed by atoms with Gasteiger partial charge in [-0.1, -0.05) is 32.9 Å². The van der Waals surface area contributed by atoms with Crippen LogP contribution in [0.3, 0.4) is 0 Å². The zero-order valence-electron chi connectivity index (χ0n) is 8.32. The first-order valence-corrected chi connectivity index (χ1v) is 4.58. The van der Waals surface area contributed by atoms with Gasteiger partial charge >= 0.3 is 0 Å². The highest BCUT2D eigenvalue weighted by Gasteiger charge is 2.09.